The number of hydrogen-bond acceptors (Lipinski definition) is 0. The summed E-state index contributed by atoms with van der Waals surface area (Å²) in [6.45, 7) is 9.14. The van der Waals surface area contributed by atoms with Gasteiger partial charge in [-0.25, -0.2) is 0 Å². The summed E-state index contributed by atoms with van der Waals surface area (Å²) in [5, 5.41) is 2.60. The van der Waals surface area contributed by atoms with Gasteiger partial charge in [-0.2, -0.15) is 0 Å². The minimum atomic E-state index is 0.0334. The van der Waals surface area contributed by atoms with Crippen molar-refractivity contribution < 1.29 is 0 Å². The predicted molar refractivity (Wildman–Crippen MR) is 134 cm³/mol. The van der Waals surface area contributed by atoms with Crippen molar-refractivity contribution in [3.63, 3.8) is 0 Å². The van der Waals surface area contributed by atoms with E-state index in [1.54, 1.807) is 0 Å². The summed E-state index contributed by atoms with van der Waals surface area (Å²) in [4.78, 5) is 0. The van der Waals surface area contributed by atoms with Gasteiger partial charge in [-0.05, 0) is 72.5 Å². The molecule has 5 rings (SSSR count). The lowest BCUT2D eigenvalue weighted by atomic mass is 9.80. The van der Waals surface area contributed by atoms with E-state index in [0.29, 0.717) is 0 Å². The van der Waals surface area contributed by atoms with Gasteiger partial charge in [0.05, 0.1) is 11.0 Å². The summed E-state index contributed by atoms with van der Waals surface area (Å²) < 4.78 is 3.52. The van der Waals surface area contributed by atoms with Crippen LogP contribution in [-0.2, 0) is 5.41 Å². The van der Waals surface area contributed by atoms with Crippen LogP contribution in [0.4, 0.5) is 0 Å². The zero-order valence-corrected chi connectivity index (χ0v) is 19.5. The van der Waals surface area contributed by atoms with Gasteiger partial charge < -0.3 is 4.57 Å². The first-order valence-electron chi connectivity index (χ1n) is 10.7. The zero-order valence-electron chi connectivity index (χ0n) is 18.0. The highest BCUT2D eigenvalue weighted by Crippen LogP contribution is 2.50. The normalized spacial score (nSPS) is 15.6. The molecule has 1 heterocycles. The minimum Gasteiger partial charge on any atom is -0.309 e. The Kier molecular flexibility index (Phi) is 4.52. The van der Waals surface area contributed by atoms with Gasteiger partial charge in [0.15, 0.2) is 0 Å². The van der Waals surface area contributed by atoms with E-state index in [4.69, 9.17) is 0 Å². The van der Waals surface area contributed by atoms with Crippen LogP contribution in [0, 0.1) is 0 Å². The van der Waals surface area contributed by atoms with Gasteiger partial charge in [-0.15, -0.1) is 0 Å². The van der Waals surface area contributed by atoms with E-state index in [1.165, 1.54) is 49.8 Å². The van der Waals surface area contributed by atoms with Crippen LogP contribution in [-0.4, -0.2) is 4.57 Å². The summed E-state index contributed by atoms with van der Waals surface area (Å²) in [7, 11) is 0. The fourth-order valence-electron chi connectivity index (χ4n) is 5.28. The largest absolute Gasteiger partial charge is 0.309 e. The van der Waals surface area contributed by atoms with Crippen molar-refractivity contribution >= 4 is 43.3 Å². The molecular formula is C28H26BrN. The Morgan fingerprint density at radius 1 is 0.933 bits per heavy atom. The van der Waals surface area contributed by atoms with Crippen molar-refractivity contribution in [2.75, 3.05) is 0 Å². The molecule has 0 radical (unpaired) electrons. The molecule has 150 valence electrons. The highest BCUT2D eigenvalue weighted by molar-refractivity contribution is 9.10. The fourth-order valence-corrected chi connectivity index (χ4v) is 5.65. The van der Waals surface area contributed by atoms with Gasteiger partial charge in [0.1, 0.15) is 0 Å². The van der Waals surface area contributed by atoms with Crippen molar-refractivity contribution in [3.05, 3.63) is 94.0 Å². The summed E-state index contributed by atoms with van der Waals surface area (Å²) >= 11 is 3.69. The maximum Gasteiger partial charge on any atom is 0.0544 e. The number of aromatic nitrogens is 1. The summed E-state index contributed by atoms with van der Waals surface area (Å²) in [6, 6.07) is 22.2. The molecule has 1 aliphatic rings. The SMILES string of the molecule is C/C=C\C1=C(CC)C(C)(C)c2cc3c(cc21)c1cc(Br)ccc1n3-c1ccccc1. The van der Waals surface area contributed by atoms with Crippen molar-refractivity contribution in [2.24, 2.45) is 0 Å². The topological polar surface area (TPSA) is 4.93 Å². The molecule has 0 bridgehead atoms. The minimum absolute atomic E-state index is 0.0334. The Labute approximate surface area is 186 Å². The molecule has 0 unspecified atom stereocenters. The lowest BCUT2D eigenvalue weighted by Gasteiger charge is -2.24. The average Bonchev–Trinajstić information content (AvgIpc) is 3.16. The number of hydrogen-bond donors (Lipinski definition) is 0. The van der Waals surface area contributed by atoms with Crippen LogP contribution in [0.25, 0.3) is 33.1 Å². The molecule has 1 nitrogen and oxygen atoms in total. The maximum absolute atomic E-state index is 3.69. The van der Waals surface area contributed by atoms with Gasteiger partial charge in [0.2, 0.25) is 0 Å². The van der Waals surface area contributed by atoms with Crippen LogP contribution in [0.5, 0.6) is 0 Å². The third kappa shape index (κ3) is 2.66. The quantitative estimate of drug-likeness (QED) is 0.291. The molecule has 0 fully saturated rings. The molecule has 0 aliphatic heterocycles. The molecule has 0 amide bonds. The number of halogens is 1. The molecule has 0 spiro atoms. The van der Waals surface area contributed by atoms with Crippen LogP contribution < -0.4 is 0 Å². The van der Waals surface area contributed by atoms with Gasteiger partial charge in [0, 0.05) is 26.3 Å². The second kappa shape index (κ2) is 6.99. The first-order chi connectivity index (χ1) is 14.5. The Morgan fingerprint density at radius 3 is 2.37 bits per heavy atom. The standard InChI is InChI=1S/C28H26BrN/c1-5-10-20-21-16-23-22-15-18(29)13-14-26(22)30(19-11-8-7-9-12-19)27(23)17-25(21)28(3,4)24(20)6-2/h5,7-17H,6H2,1-4H3/b10-5-. The van der Waals surface area contributed by atoms with E-state index in [9.17, 15) is 0 Å². The zero-order chi connectivity index (χ0) is 21.0. The summed E-state index contributed by atoms with van der Waals surface area (Å²) in [5.41, 5.74) is 9.50. The monoisotopic (exact) mass is 455 g/mol. The van der Waals surface area contributed by atoms with E-state index in [1.807, 2.05) is 0 Å². The third-order valence-electron chi connectivity index (χ3n) is 6.61. The number of para-hydroxylation sites is 1. The number of rotatable bonds is 3. The lowest BCUT2D eigenvalue weighted by Crippen LogP contribution is -2.17. The van der Waals surface area contributed by atoms with E-state index in [0.717, 1.165) is 10.9 Å². The number of allylic oxidation sites excluding steroid dienone is 4. The van der Waals surface area contributed by atoms with Crippen LogP contribution in [0.3, 0.4) is 0 Å². The Morgan fingerprint density at radius 2 is 1.67 bits per heavy atom. The molecule has 30 heavy (non-hydrogen) atoms. The molecule has 2 heteroatoms. The van der Waals surface area contributed by atoms with E-state index >= 15 is 0 Å². The third-order valence-corrected chi connectivity index (χ3v) is 7.10. The molecule has 0 atom stereocenters. The van der Waals surface area contributed by atoms with E-state index in [-0.39, 0.29) is 5.41 Å². The summed E-state index contributed by atoms with van der Waals surface area (Å²) in [6.07, 6.45) is 5.53. The van der Waals surface area contributed by atoms with Crippen molar-refractivity contribution in [2.45, 2.75) is 39.5 Å². The van der Waals surface area contributed by atoms with Crippen LogP contribution >= 0.6 is 15.9 Å². The highest BCUT2D eigenvalue weighted by Gasteiger charge is 2.36. The fraction of sp³-hybridized carbons (Fsp3) is 0.214. The number of fused-ring (bicyclic) bond motifs is 4. The first kappa shape index (κ1) is 19.4. The number of benzene rings is 3. The first-order valence-corrected chi connectivity index (χ1v) is 11.5. The lowest BCUT2D eigenvalue weighted by molar-refractivity contribution is 0.618. The number of nitrogens with zero attached hydrogens (tertiary/aromatic N) is 1. The smallest absolute Gasteiger partial charge is 0.0544 e. The summed E-state index contributed by atoms with van der Waals surface area (Å²) in [5.74, 6) is 0. The average molecular weight is 456 g/mol. The molecule has 3 aromatic carbocycles. The van der Waals surface area contributed by atoms with Crippen LogP contribution in [0.2, 0.25) is 0 Å². The molecule has 0 saturated heterocycles. The maximum atomic E-state index is 3.69. The second-order valence-electron chi connectivity index (χ2n) is 8.62. The van der Waals surface area contributed by atoms with Gasteiger partial charge in [0.25, 0.3) is 0 Å². The predicted octanol–water partition coefficient (Wildman–Crippen LogP) is 8.58. The Balaban J connectivity index is 1.94. The van der Waals surface area contributed by atoms with Crippen LogP contribution in [0.15, 0.2) is 82.9 Å². The molecule has 0 N–H and O–H groups in total. The van der Waals surface area contributed by atoms with Crippen molar-refractivity contribution in [1.29, 1.82) is 0 Å². The van der Waals surface area contributed by atoms with E-state index < -0.39 is 0 Å². The van der Waals surface area contributed by atoms with Gasteiger partial charge in [-0.1, -0.05) is 72.6 Å². The highest BCUT2D eigenvalue weighted by atomic mass is 79.9. The Bertz CT molecular complexity index is 1350. The molecular weight excluding hydrogens is 430 g/mol. The van der Waals surface area contributed by atoms with Crippen molar-refractivity contribution in [3.8, 4) is 5.69 Å². The van der Waals surface area contributed by atoms with Gasteiger partial charge in [-0.3, -0.25) is 0 Å². The van der Waals surface area contributed by atoms with Gasteiger partial charge >= 0.3 is 0 Å². The Hall–Kier alpha value is -2.58. The molecule has 1 aromatic heterocycles. The van der Waals surface area contributed by atoms with E-state index in [2.05, 4.69) is 121 Å². The molecule has 1 aliphatic carbocycles. The molecule has 4 aromatic rings. The van der Waals surface area contributed by atoms with Crippen LogP contribution in [0.1, 0.15) is 45.2 Å². The second-order valence-corrected chi connectivity index (χ2v) is 9.53. The molecule has 0 saturated carbocycles. The van der Waals surface area contributed by atoms with Crippen molar-refractivity contribution in [1.82, 2.24) is 4.57 Å².